The van der Waals surface area contributed by atoms with Crippen molar-refractivity contribution in [2.45, 2.75) is 13.3 Å². The summed E-state index contributed by atoms with van der Waals surface area (Å²) in [6.07, 6.45) is 2.49. The highest BCUT2D eigenvalue weighted by Gasteiger charge is 2.21. The fourth-order valence-electron chi connectivity index (χ4n) is 3.72. The van der Waals surface area contributed by atoms with Crippen LogP contribution in [0.2, 0.25) is 5.02 Å². The van der Waals surface area contributed by atoms with E-state index in [4.69, 9.17) is 11.6 Å². The van der Waals surface area contributed by atoms with Gasteiger partial charge in [0.25, 0.3) is 5.91 Å². The Morgan fingerprint density at radius 3 is 2.42 bits per heavy atom. The van der Waals surface area contributed by atoms with E-state index in [0.29, 0.717) is 36.0 Å². The number of pyridine rings is 1. The molecule has 0 spiro atoms. The van der Waals surface area contributed by atoms with Gasteiger partial charge in [-0.1, -0.05) is 41.4 Å². The number of carbonyl (C=O) groups is 2. The van der Waals surface area contributed by atoms with Crippen LogP contribution in [0.4, 0.5) is 22.0 Å². The number of hydrogen-bond acceptors (Lipinski definition) is 4. The number of halogens is 1. The van der Waals surface area contributed by atoms with E-state index in [0.717, 1.165) is 29.9 Å². The van der Waals surface area contributed by atoms with Crippen LogP contribution in [0.25, 0.3) is 0 Å². The molecule has 0 saturated carbocycles. The van der Waals surface area contributed by atoms with Gasteiger partial charge in [-0.05, 0) is 49.7 Å². The molecule has 7 nitrogen and oxygen atoms in total. The predicted octanol–water partition coefficient (Wildman–Crippen LogP) is 5.04. The Kier molecular flexibility index (Phi) is 7.10. The molecular weight excluding hydrogens is 438 g/mol. The molecule has 1 aliphatic heterocycles. The lowest BCUT2D eigenvalue weighted by Gasteiger charge is -2.23. The summed E-state index contributed by atoms with van der Waals surface area (Å²) in [5, 5.41) is 5.95. The van der Waals surface area contributed by atoms with Crippen molar-refractivity contribution in [3.63, 3.8) is 0 Å². The summed E-state index contributed by atoms with van der Waals surface area (Å²) < 4.78 is 0. The second-order valence-electron chi connectivity index (χ2n) is 7.96. The first-order chi connectivity index (χ1) is 16.0. The first kappa shape index (κ1) is 22.6. The topological polar surface area (TPSA) is 77.6 Å². The fourth-order valence-corrected chi connectivity index (χ4v) is 3.91. The highest BCUT2D eigenvalue weighted by atomic mass is 35.5. The lowest BCUT2D eigenvalue weighted by atomic mass is 10.1. The number of aromatic nitrogens is 1. The highest BCUT2D eigenvalue weighted by molar-refractivity contribution is 6.33. The number of para-hydroxylation sites is 1. The van der Waals surface area contributed by atoms with Gasteiger partial charge >= 0.3 is 6.03 Å². The van der Waals surface area contributed by atoms with E-state index in [2.05, 4.69) is 20.5 Å². The first-order valence-corrected chi connectivity index (χ1v) is 11.3. The Balaban J connectivity index is 1.33. The minimum absolute atomic E-state index is 0.0638. The highest BCUT2D eigenvalue weighted by Crippen LogP contribution is 2.21. The average molecular weight is 464 g/mol. The van der Waals surface area contributed by atoms with Gasteiger partial charge in [0.1, 0.15) is 5.82 Å². The summed E-state index contributed by atoms with van der Waals surface area (Å²) in [5.41, 5.74) is 2.97. The molecule has 4 rings (SSSR count). The smallest absolute Gasteiger partial charge is 0.323 e. The number of urea groups is 1. The molecule has 0 bridgehead atoms. The van der Waals surface area contributed by atoms with Crippen LogP contribution in [0.5, 0.6) is 0 Å². The Morgan fingerprint density at radius 1 is 0.909 bits per heavy atom. The van der Waals surface area contributed by atoms with Gasteiger partial charge in [0.05, 0.1) is 22.6 Å². The Hall–Kier alpha value is -3.58. The SMILES string of the molecule is Cc1ccc(C(=O)N2CCCN(c3ccc(NC(=O)Nc4ccccc4Cl)cn3)CC2)cc1. The standard InChI is InChI=1S/C25H26ClN5O2/c1-18-7-9-19(10-8-18)24(32)31-14-4-13-30(15-16-31)23-12-11-20(17-27-23)28-25(33)29-22-6-3-2-5-21(22)26/h2-3,5-12,17H,4,13-16H2,1H3,(H2,28,29,33). The summed E-state index contributed by atoms with van der Waals surface area (Å²) in [6.45, 7) is 4.87. The zero-order chi connectivity index (χ0) is 23.2. The van der Waals surface area contributed by atoms with E-state index in [-0.39, 0.29) is 5.91 Å². The first-order valence-electron chi connectivity index (χ1n) is 10.9. The maximum Gasteiger partial charge on any atom is 0.323 e. The zero-order valence-corrected chi connectivity index (χ0v) is 19.2. The van der Waals surface area contributed by atoms with Crippen LogP contribution >= 0.6 is 11.6 Å². The minimum Gasteiger partial charge on any atom is -0.355 e. The van der Waals surface area contributed by atoms with Crippen molar-refractivity contribution in [2.24, 2.45) is 0 Å². The summed E-state index contributed by atoms with van der Waals surface area (Å²) in [7, 11) is 0. The molecule has 1 saturated heterocycles. The lowest BCUT2D eigenvalue weighted by Crippen LogP contribution is -2.35. The number of anilines is 3. The molecule has 1 fully saturated rings. The normalized spacial score (nSPS) is 13.9. The summed E-state index contributed by atoms with van der Waals surface area (Å²) in [5.74, 6) is 0.880. The molecular formula is C25H26ClN5O2. The van der Waals surface area contributed by atoms with Crippen LogP contribution in [-0.4, -0.2) is 48.0 Å². The average Bonchev–Trinajstić information content (AvgIpc) is 3.07. The van der Waals surface area contributed by atoms with E-state index >= 15 is 0 Å². The van der Waals surface area contributed by atoms with Gasteiger partial charge in [0, 0.05) is 31.7 Å². The van der Waals surface area contributed by atoms with E-state index in [1.807, 2.05) is 48.2 Å². The fraction of sp³-hybridized carbons (Fsp3) is 0.240. The third kappa shape index (κ3) is 5.81. The molecule has 0 unspecified atom stereocenters. The van der Waals surface area contributed by atoms with Gasteiger partial charge in [0.2, 0.25) is 0 Å². The number of amides is 3. The van der Waals surface area contributed by atoms with Crippen molar-refractivity contribution in [3.8, 4) is 0 Å². The van der Waals surface area contributed by atoms with E-state index in [1.165, 1.54) is 0 Å². The van der Waals surface area contributed by atoms with Crippen molar-refractivity contribution >= 4 is 40.7 Å². The van der Waals surface area contributed by atoms with E-state index in [1.54, 1.807) is 30.5 Å². The lowest BCUT2D eigenvalue weighted by molar-refractivity contribution is 0.0767. The predicted molar refractivity (Wildman–Crippen MR) is 132 cm³/mol. The maximum absolute atomic E-state index is 12.8. The molecule has 3 amide bonds. The number of carbonyl (C=O) groups excluding carboxylic acids is 2. The minimum atomic E-state index is -0.391. The van der Waals surface area contributed by atoms with Crippen molar-refractivity contribution in [1.29, 1.82) is 0 Å². The molecule has 33 heavy (non-hydrogen) atoms. The molecule has 3 aromatic rings. The summed E-state index contributed by atoms with van der Waals surface area (Å²) >= 11 is 6.08. The Bertz CT molecular complexity index is 1120. The van der Waals surface area contributed by atoms with Gasteiger partial charge < -0.3 is 20.4 Å². The van der Waals surface area contributed by atoms with Crippen molar-refractivity contribution < 1.29 is 9.59 Å². The quantitative estimate of drug-likeness (QED) is 0.568. The molecule has 2 heterocycles. The molecule has 0 radical (unpaired) electrons. The van der Waals surface area contributed by atoms with Crippen LogP contribution < -0.4 is 15.5 Å². The third-order valence-electron chi connectivity index (χ3n) is 5.53. The number of benzene rings is 2. The van der Waals surface area contributed by atoms with Crippen LogP contribution in [0.3, 0.4) is 0 Å². The van der Waals surface area contributed by atoms with Crippen LogP contribution in [0.15, 0.2) is 66.9 Å². The van der Waals surface area contributed by atoms with Gasteiger partial charge in [0.15, 0.2) is 0 Å². The largest absolute Gasteiger partial charge is 0.355 e. The summed E-state index contributed by atoms with van der Waals surface area (Å²) in [6, 6.07) is 18.0. The third-order valence-corrected chi connectivity index (χ3v) is 5.86. The number of rotatable bonds is 4. The van der Waals surface area contributed by atoms with Crippen molar-refractivity contribution in [1.82, 2.24) is 9.88 Å². The molecule has 0 atom stereocenters. The number of nitrogens with one attached hydrogen (secondary N) is 2. The van der Waals surface area contributed by atoms with Crippen molar-refractivity contribution in [3.05, 3.63) is 83.0 Å². The van der Waals surface area contributed by atoms with Crippen molar-refractivity contribution in [2.75, 3.05) is 41.7 Å². The number of nitrogens with zero attached hydrogens (tertiary/aromatic N) is 3. The summed E-state index contributed by atoms with van der Waals surface area (Å²) in [4.78, 5) is 33.7. The van der Waals surface area contributed by atoms with E-state index < -0.39 is 6.03 Å². The van der Waals surface area contributed by atoms with Gasteiger partial charge in [-0.25, -0.2) is 9.78 Å². The van der Waals surface area contributed by atoms with Gasteiger partial charge in [-0.3, -0.25) is 4.79 Å². The Labute approximate surface area is 198 Å². The van der Waals surface area contributed by atoms with Gasteiger partial charge in [-0.2, -0.15) is 0 Å². The van der Waals surface area contributed by atoms with E-state index in [9.17, 15) is 9.59 Å². The number of aryl methyl sites for hydroxylation is 1. The Morgan fingerprint density at radius 2 is 1.70 bits per heavy atom. The van der Waals surface area contributed by atoms with Crippen LogP contribution in [0, 0.1) is 6.92 Å². The molecule has 8 heteroatoms. The zero-order valence-electron chi connectivity index (χ0n) is 18.4. The molecule has 2 N–H and O–H groups in total. The molecule has 170 valence electrons. The van der Waals surface area contributed by atoms with Crippen LogP contribution in [0.1, 0.15) is 22.3 Å². The van der Waals surface area contributed by atoms with Gasteiger partial charge in [-0.15, -0.1) is 0 Å². The second-order valence-corrected chi connectivity index (χ2v) is 8.37. The molecule has 1 aliphatic rings. The molecule has 0 aliphatic carbocycles. The number of hydrogen-bond donors (Lipinski definition) is 2. The maximum atomic E-state index is 12.8. The van der Waals surface area contributed by atoms with Crippen LogP contribution in [-0.2, 0) is 0 Å². The molecule has 1 aromatic heterocycles. The monoisotopic (exact) mass is 463 g/mol. The second kappa shape index (κ2) is 10.4. The molecule has 2 aromatic carbocycles.